The Labute approximate surface area is 89.8 Å². The fourth-order valence-electron chi connectivity index (χ4n) is 1.49. The van der Waals surface area contributed by atoms with Gasteiger partial charge in [-0.3, -0.25) is 14.5 Å². The Balaban J connectivity index is 2.71. The van der Waals surface area contributed by atoms with E-state index < -0.39 is 0 Å². The first kappa shape index (κ1) is 9.40. The summed E-state index contributed by atoms with van der Waals surface area (Å²) in [6.07, 6.45) is 0. The van der Waals surface area contributed by atoms with Crippen molar-refractivity contribution in [2.75, 3.05) is 7.05 Å². The van der Waals surface area contributed by atoms with Crippen molar-refractivity contribution < 1.29 is 9.59 Å². The Hall–Kier alpha value is -1.16. The number of aryl methyl sites for hydroxylation is 1. The van der Waals surface area contributed by atoms with Gasteiger partial charge in [0, 0.05) is 11.5 Å². The first-order valence-corrected chi connectivity index (χ1v) is 4.94. The minimum Gasteiger partial charge on any atom is -0.277 e. The summed E-state index contributed by atoms with van der Waals surface area (Å²) in [6.45, 7) is 1.89. The number of benzene rings is 1. The Morgan fingerprint density at radius 3 is 2.21 bits per heavy atom. The van der Waals surface area contributed by atoms with Crippen molar-refractivity contribution in [2.24, 2.45) is 0 Å². The molecule has 0 fully saturated rings. The van der Waals surface area contributed by atoms with Crippen molar-refractivity contribution in [3.05, 3.63) is 33.3 Å². The van der Waals surface area contributed by atoms with Crippen LogP contribution in [0.1, 0.15) is 26.3 Å². The molecule has 1 aromatic rings. The van der Waals surface area contributed by atoms with Gasteiger partial charge in [-0.05, 0) is 24.6 Å². The first-order chi connectivity index (χ1) is 6.52. The van der Waals surface area contributed by atoms with E-state index in [1.165, 1.54) is 7.05 Å². The number of carbonyl (C=O) groups excluding carboxylic acids is 2. The van der Waals surface area contributed by atoms with Crippen LogP contribution in [0.15, 0.2) is 16.6 Å². The Bertz CT molecular complexity index is 413. The van der Waals surface area contributed by atoms with E-state index in [9.17, 15) is 9.59 Å². The zero-order valence-electron chi connectivity index (χ0n) is 7.80. The van der Waals surface area contributed by atoms with Gasteiger partial charge in [-0.2, -0.15) is 0 Å². The number of carbonyl (C=O) groups is 2. The summed E-state index contributed by atoms with van der Waals surface area (Å²) in [4.78, 5) is 24.3. The third-order valence-electron chi connectivity index (χ3n) is 2.37. The number of hydrogen-bond acceptors (Lipinski definition) is 2. The van der Waals surface area contributed by atoms with E-state index in [1.54, 1.807) is 12.1 Å². The Morgan fingerprint density at radius 1 is 1.14 bits per heavy atom. The number of rotatable bonds is 0. The maximum absolute atomic E-state index is 11.6. The van der Waals surface area contributed by atoms with E-state index in [1.807, 2.05) is 6.92 Å². The predicted molar refractivity (Wildman–Crippen MR) is 55.3 cm³/mol. The highest BCUT2D eigenvalue weighted by molar-refractivity contribution is 9.10. The fourth-order valence-corrected chi connectivity index (χ4v) is 1.83. The molecule has 0 radical (unpaired) electrons. The average Bonchev–Trinajstić information content (AvgIpc) is 2.34. The van der Waals surface area contributed by atoms with Crippen LogP contribution in [0.25, 0.3) is 0 Å². The number of halogens is 1. The molecule has 1 heterocycles. The van der Waals surface area contributed by atoms with Crippen LogP contribution in [0.5, 0.6) is 0 Å². The van der Waals surface area contributed by atoms with E-state index in [-0.39, 0.29) is 11.8 Å². The van der Waals surface area contributed by atoms with Gasteiger partial charge in [-0.25, -0.2) is 0 Å². The third kappa shape index (κ3) is 1.10. The van der Waals surface area contributed by atoms with Crippen LogP contribution in [0, 0.1) is 6.92 Å². The monoisotopic (exact) mass is 253 g/mol. The molecule has 0 spiro atoms. The second-order valence-electron chi connectivity index (χ2n) is 3.32. The SMILES string of the molecule is Cc1cc2c(cc1Br)C(=O)N(C)C2=O. The molecular formula is C10H8BrNO2. The first-order valence-electron chi connectivity index (χ1n) is 4.15. The van der Waals surface area contributed by atoms with Crippen LogP contribution < -0.4 is 0 Å². The van der Waals surface area contributed by atoms with Crippen LogP contribution in [0.3, 0.4) is 0 Å². The molecule has 72 valence electrons. The maximum atomic E-state index is 11.6. The lowest BCUT2D eigenvalue weighted by Gasteiger charge is -2.02. The third-order valence-corrected chi connectivity index (χ3v) is 3.22. The topological polar surface area (TPSA) is 37.4 Å². The second kappa shape index (κ2) is 2.92. The van der Waals surface area contributed by atoms with Gasteiger partial charge in [0.1, 0.15) is 0 Å². The number of nitrogens with zero attached hydrogens (tertiary/aromatic N) is 1. The van der Waals surface area contributed by atoms with Gasteiger partial charge in [0.05, 0.1) is 11.1 Å². The highest BCUT2D eigenvalue weighted by Gasteiger charge is 2.32. The van der Waals surface area contributed by atoms with Gasteiger partial charge in [-0.1, -0.05) is 15.9 Å². The molecule has 0 aromatic heterocycles. The standard InChI is InChI=1S/C10H8BrNO2/c1-5-3-6-7(4-8(5)11)10(14)12(2)9(6)13/h3-4H,1-2H3. The minimum atomic E-state index is -0.231. The molecule has 14 heavy (non-hydrogen) atoms. The van der Waals surface area contributed by atoms with Crippen molar-refractivity contribution in [1.82, 2.24) is 4.90 Å². The number of hydrogen-bond donors (Lipinski definition) is 0. The van der Waals surface area contributed by atoms with Crippen molar-refractivity contribution in [2.45, 2.75) is 6.92 Å². The molecule has 1 aromatic carbocycles. The second-order valence-corrected chi connectivity index (χ2v) is 4.17. The molecule has 2 rings (SSSR count). The lowest BCUT2D eigenvalue weighted by Crippen LogP contribution is -2.24. The van der Waals surface area contributed by atoms with Crippen LogP contribution >= 0.6 is 15.9 Å². The van der Waals surface area contributed by atoms with Crippen molar-refractivity contribution >= 4 is 27.7 Å². The molecule has 0 saturated heterocycles. The van der Waals surface area contributed by atoms with E-state index in [0.29, 0.717) is 11.1 Å². The number of imide groups is 1. The summed E-state index contributed by atoms with van der Waals surface area (Å²) in [5, 5.41) is 0. The van der Waals surface area contributed by atoms with E-state index in [2.05, 4.69) is 15.9 Å². The summed E-state index contributed by atoms with van der Waals surface area (Å²) in [5.41, 5.74) is 1.94. The molecule has 0 unspecified atom stereocenters. The zero-order chi connectivity index (χ0) is 10.5. The van der Waals surface area contributed by atoms with Crippen molar-refractivity contribution in [1.29, 1.82) is 0 Å². The van der Waals surface area contributed by atoms with Gasteiger partial charge in [0.2, 0.25) is 0 Å². The fraction of sp³-hybridized carbons (Fsp3) is 0.200. The zero-order valence-corrected chi connectivity index (χ0v) is 9.38. The van der Waals surface area contributed by atoms with E-state index in [0.717, 1.165) is 14.9 Å². The van der Waals surface area contributed by atoms with Crippen molar-refractivity contribution in [3.8, 4) is 0 Å². The molecule has 0 N–H and O–H groups in total. The molecule has 0 atom stereocenters. The normalized spacial score (nSPS) is 14.9. The van der Waals surface area contributed by atoms with Gasteiger partial charge >= 0.3 is 0 Å². The smallest absolute Gasteiger partial charge is 0.261 e. The summed E-state index contributed by atoms with van der Waals surface area (Å²) >= 11 is 3.33. The van der Waals surface area contributed by atoms with Crippen LogP contribution in [-0.4, -0.2) is 23.8 Å². The molecule has 0 bridgehead atoms. The van der Waals surface area contributed by atoms with Gasteiger partial charge in [0.15, 0.2) is 0 Å². The minimum absolute atomic E-state index is 0.222. The largest absolute Gasteiger partial charge is 0.277 e. The average molecular weight is 254 g/mol. The summed E-state index contributed by atoms with van der Waals surface area (Å²) in [5.74, 6) is -0.452. The van der Waals surface area contributed by atoms with Gasteiger partial charge in [0.25, 0.3) is 11.8 Å². The lowest BCUT2D eigenvalue weighted by atomic mass is 10.1. The van der Waals surface area contributed by atoms with Gasteiger partial charge in [-0.15, -0.1) is 0 Å². The molecule has 0 saturated carbocycles. The van der Waals surface area contributed by atoms with Gasteiger partial charge < -0.3 is 0 Å². The van der Waals surface area contributed by atoms with Crippen molar-refractivity contribution in [3.63, 3.8) is 0 Å². The molecule has 4 heteroatoms. The van der Waals surface area contributed by atoms with E-state index in [4.69, 9.17) is 0 Å². The van der Waals surface area contributed by atoms with E-state index >= 15 is 0 Å². The molecule has 0 aliphatic carbocycles. The summed E-state index contributed by atoms with van der Waals surface area (Å²) in [7, 11) is 1.49. The summed E-state index contributed by atoms with van der Waals surface area (Å²) in [6, 6.07) is 3.44. The highest BCUT2D eigenvalue weighted by Crippen LogP contribution is 2.27. The maximum Gasteiger partial charge on any atom is 0.261 e. The Morgan fingerprint density at radius 2 is 1.64 bits per heavy atom. The lowest BCUT2D eigenvalue weighted by molar-refractivity contribution is 0.0693. The van der Waals surface area contributed by atoms with Crippen LogP contribution in [-0.2, 0) is 0 Å². The molecule has 2 amide bonds. The summed E-state index contributed by atoms with van der Waals surface area (Å²) < 4.78 is 0.854. The highest BCUT2D eigenvalue weighted by atomic mass is 79.9. The quantitative estimate of drug-likeness (QED) is 0.664. The molecular weight excluding hydrogens is 246 g/mol. The Kier molecular flexibility index (Phi) is 1.96. The predicted octanol–water partition coefficient (Wildman–Crippen LogP) is 1.98. The molecule has 1 aliphatic rings. The molecule has 3 nitrogen and oxygen atoms in total. The number of amides is 2. The van der Waals surface area contributed by atoms with Crippen LogP contribution in [0.2, 0.25) is 0 Å². The molecule has 1 aliphatic heterocycles. The number of fused-ring (bicyclic) bond motifs is 1. The van der Waals surface area contributed by atoms with Crippen LogP contribution in [0.4, 0.5) is 0 Å².